The molecular formula is C22H29N3O3. The van der Waals surface area contributed by atoms with Crippen molar-refractivity contribution >= 4 is 11.0 Å². The second-order valence-electron chi connectivity index (χ2n) is 7.19. The average molecular weight is 383 g/mol. The van der Waals surface area contributed by atoms with E-state index in [9.17, 15) is 4.79 Å². The molecule has 0 unspecified atom stereocenters. The Hall–Kier alpha value is -2.73. The van der Waals surface area contributed by atoms with Crippen LogP contribution in [0.15, 0.2) is 41.2 Å². The van der Waals surface area contributed by atoms with Gasteiger partial charge >= 0.3 is 5.69 Å². The predicted octanol–water partition coefficient (Wildman–Crippen LogP) is 3.35. The highest BCUT2D eigenvalue weighted by molar-refractivity contribution is 5.76. The summed E-state index contributed by atoms with van der Waals surface area (Å²) in [5.41, 5.74) is 3.93. The summed E-state index contributed by atoms with van der Waals surface area (Å²) in [6.07, 6.45) is 1.09. The van der Waals surface area contributed by atoms with E-state index in [-0.39, 0.29) is 5.69 Å². The Morgan fingerprint density at radius 2 is 1.71 bits per heavy atom. The van der Waals surface area contributed by atoms with Gasteiger partial charge in [-0.1, -0.05) is 19.1 Å². The van der Waals surface area contributed by atoms with E-state index in [0.29, 0.717) is 18.4 Å². The van der Waals surface area contributed by atoms with Gasteiger partial charge in [0.15, 0.2) is 11.5 Å². The van der Waals surface area contributed by atoms with Crippen LogP contribution in [-0.4, -0.2) is 22.3 Å². The van der Waals surface area contributed by atoms with Gasteiger partial charge in [0, 0.05) is 26.7 Å². The minimum atomic E-state index is -0.0312. The van der Waals surface area contributed by atoms with E-state index in [1.165, 1.54) is 0 Å². The molecule has 0 fully saturated rings. The molecule has 0 spiro atoms. The highest BCUT2D eigenvalue weighted by atomic mass is 16.5. The van der Waals surface area contributed by atoms with Crippen molar-refractivity contribution in [2.75, 3.05) is 7.11 Å². The van der Waals surface area contributed by atoms with Gasteiger partial charge in [-0.25, -0.2) is 4.79 Å². The van der Waals surface area contributed by atoms with Gasteiger partial charge < -0.3 is 14.8 Å². The Balaban J connectivity index is 1.74. The van der Waals surface area contributed by atoms with Gasteiger partial charge in [-0.2, -0.15) is 0 Å². The van der Waals surface area contributed by atoms with Gasteiger partial charge in [0.25, 0.3) is 0 Å². The van der Waals surface area contributed by atoms with Gasteiger partial charge in [-0.15, -0.1) is 0 Å². The molecule has 3 aromatic rings. The summed E-state index contributed by atoms with van der Waals surface area (Å²) in [6.45, 7) is 5.54. The van der Waals surface area contributed by atoms with E-state index in [0.717, 1.165) is 40.9 Å². The monoisotopic (exact) mass is 383 g/mol. The smallest absolute Gasteiger partial charge is 0.328 e. The molecule has 1 N–H and O–H groups in total. The largest absolute Gasteiger partial charge is 0.493 e. The fraction of sp³-hybridized carbons (Fsp3) is 0.409. The third-order valence-electron chi connectivity index (χ3n) is 5.23. The standard InChI is InChI=1S/C22H29N3O3/c1-6-15(2)23-13-16-8-10-20(21(12-16)27-5)28-14-17-7-9-18-19(11-17)25(4)22(26)24(18)3/h7-12,15,23H,6,13-14H2,1-5H3/t15-/m1/s1. The third kappa shape index (κ3) is 4.07. The van der Waals surface area contributed by atoms with Crippen molar-refractivity contribution in [3.8, 4) is 11.5 Å². The predicted molar refractivity (Wildman–Crippen MR) is 112 cm³/mol. The normalized spacial score (nSPS) is 12.3. The Labute approximate surface area is 165 Å². The number of nitrogens with zero attached hydrogens (tertiary/aromatic N) is 2. The minimum Gasteiger partial charge on any atom is -0.493 e. The molecule has 0 saturated heterocycles. The Morgan fingerprint density at radius 3 is 2.43 bits per heavy atom. The molecule has 28 heavy (non-hydrogen) atoms. The summed E-state index contributed by atoms with van der Waals surface area (Å²) in [5, 5.41) is 3.48. The molecule has 150 valence electrons. The lowest BCUT2D eigenvalue weighted by molar-refractivity contribution is 0.284. The van der Waals surface area contributed by atoms with Gasteiger partial charge in [0.2, 0.25) is 0 Å². The number of nitrogens with one attached hydrogen (secondary N) is 1. The van der Waals surface area contributed by atoms with Crippen molar-refractivity contribution in [1.29, 1.82) is 0 Å². The lowest BCUT2D eigenvalue weighted by Gasteiger charge is -2.14. The summed E-state index contributed by atoms with van der Waals surface area (Å²) in [7, 11) is 5.22. The van der Waals surface area contributed by atoms with Crippen molar-refractivity contribution in [3.63, 3.8) is 0 Å². The first-order valence-corrected chi connectivity index (χ1v) is 9.62. The number of rotatable bonds is 8. The fourth-order valence-corrected chi connectivity index (χ4v) is 3.18. The van der Waals surface area contributed by atoms with Gasteiger partial charge in [-0.3, -0.25) is 9.13 Å². The third-order valence-corrected chi connectivity index (χ3v) is 5.23. The number of methoxy groups -OCH3 is 1. The molecule has 1 heterocycles. The minimum absolute atomic E-state index is 0.0312. The van der Waals surface area contributed by atoms with E-state index >= 15 is 0 Å². The van der Waals surface area contributed by atoms with E-state index in [4.69, 9.17) is 9.47 Å². The van der Waals surface area contributed by atoms with Crippen molar-refractivity contribution in [2.24, 2.45) is 14.1 Å². The first-order chi connectivity index (χ1) is 13.4. The van der Waals surface area contributed by atoms with Crippen molar-refractivity contribution in [3.05, 3.63) is 58.0 Å². The molecule has 1 aromatic heterocycles. The highest BCUT2D eigenvalue weighted by Gasteiger charge is 2.10. The molecule has 0 saturated carbocycles. The van der Waals surface area contributed by atoms with Crippen molar-refractivity contribution < 1.29 is 9.47 Å². The van der Waals surface area contributed by atoms with Gasteiger partial charge in [0.05, 0.1) is 18.1 Å². The van der Waals surface area contributed by atoms with Crippen LogP contribution in [0, 0.1) is 0 Å². The summed E-state index contributed by atoms with van der Waals surface area (Å²) in [5.74, 6) is 1.42. The van der Waals surface area contributed by atoms with Crippen LogP contribution >= 0.6 is 0 Å². The molecule has 3 rings (SSSR count). The summed E-state index contributed by atoms with van der Waals surface area (Å²) >= 11 is 0. The SMILES string of the molecule is CC[C@@H](C)NCc1ccc(OCc2ccc3c(c2)n(C)c(=O)n3C)c(OC)c1. The fourth-order valence-electron chi connectivity index (χ4n) is 3.18. The number of fused-ring (bicyclic) bond motifs is 1. The lowest BCUT2D eigenvalue weighted by atomic mass is 10.1. The maximum absolute atomic E-state index is 12.1. The molecule has 1 atom stereocenters. The van der Waals surface area contributed by atoms with Crippen LogP contribution in [0.5, 0.6) is 11.5 Å². The molecular weight excluding hydrogens is 354 g/mol. The number of hydrogen-bond donors (Lipinski definition) is 1. The molecule has 0 aliphatic rings. The Kier molecular flexibility index (Phi) is 6.09. The van der Waals surface area contributed by atoms with Crippen molar-refractivity contribution in [2.45, 2.75) is 39.5 Å². The molecule has 0 aliphatic carbocycles. The second-order valence-corrected chi connectivity index (χ2v) is 7.19. The van der Waals surface area contributed by atoms with E-state index in [1.807, 2.05) is 30.3 Å². The van der Waals surface area contributed by atoms with Crippen LogP contribution in [0.3, 0.4) is 0 Å². The quantitative estimate of drug-likeness (QED) is 0.648. The molecule has 2 aromatic carbocycles. The second kappa shape index (κ2) is 8.52. The van der Waals surface area contributed by atoms with Crippen molar-refractivity contribution in [1.82, 2.24) is 14.5 Å². The van der Waals surface area contributed by atoms with Crippen LogP contribution in [0.2, 0.25) is 0 Å². The number of aryl methyl sites for hydroxylation is 2. The van der Waals surface area contributed by atoms with Crippen LogP contribution < -0.4 is 20.5 Å². The van der Waals surface area contributed by atoms with E-state index in [1.54, 1.807) is 30.3 Å². The van der Waals surface area contributed by atoms with E-state index < -0.39 is 0 Å². The number of aromatic nitrogens is 2. The zero-order chi connectivity index (χ0) is 20.3. The number of ether oxygens (including phenoxy) is 2. The topological polar surface area (TPSA) is 57.4 Å². The van der Waals surface area contributed by atoms with Gasteiger partial charge in [-0.05, 0) is 48.7 Å². The summed E-state index contributed by atoms with van der Waals surface area (Å²) in [6, 6.07) is 12.4. The summed E-state index contributed by atoms with van der Waals surface area (Å²) < 4.78 is 14.8. The van der Waals surface area contributed by atoms with Crippen LogP contribution in [0.4, 0.5) is 0 Å². The Bertz CT molecular complexity index is 1020. The molecule has 0 aliphatic heterocycles. The molecule has 6 heteroatoms. The zero-order valence-corrected chi connectivity index (χ0v) is 17.3. The average Bonchev–Trinajstić information content (AvgIpc) is 2.94. The number of imidazole rings is 1. The molecule has 0 bridgehead atoms. The number of benzene rings is 2. The Morgan fingerprint density at radius 1 is 1.00 bits per heavy atom. The molecule has 0 radical (unpaired) electrons. The first kappa shape index (κ1) is 20.0. The maximum Gasteiger partial charge on any atom is 0.328 e. The number of hydrogen-bond acceptors (Lipinski definition) is 4. The lowest BCUT2D eigenvalue weighted by Crippen LogP contribution is -2.24. The summed E-state index contributed by atoms with van der Waals surface area (Å²) in [4.78, 5) is 12.1. The van der Waals surface area contributed by atoms with Crippen LogP contribution in [0.1, 0.15) is 31.4 Å². The highest BCUT2D eigenvalue weighted by Crippen LogP contribution is 2.29. The molecule has 6 nitrogen and oxygen atoms in total. The first-order valence-electron chi connectivity index (χ1n) is 9.62. The van der Waals surface area contributed by atoms with Crippen LogP contribution in [0.25, 0.3) is 11.0 Å². The van der Waals surface area contributed by atoms with Crippen LogP contribution in [-0.2, 0) is 27.2 Å². The zero-order valence-electron chi connectivity index (χ0n) is 17.3. The maximum atomic E-state index is 12.1. The van der Waals surface area contributed by atoms with E-state index in [2.05, 4.69) is 25.2 Å². The molecule has 0 amide bonds. The van der Waals surface area contributed by atoms with Gasteiger partial charge in [0.1, 0.15) is 6.61 Å².